The van der Waals surface area contributed by atoms with Crippen LogP contribution >= 0.6 is 15.9 Å². The van der Waals surface area contributed by atoms with Crippen LogP contribution in [-0.2, 0) is 6.54 Å². The highest BCUT2D eigenvalue weighted by Gasteiger charge is 2.02. The van der Waals surface area contributed by atoms with Gasteiger partial charge in [-0.25, -0.2) is 0 Å². The molecule has 0 atom stereocenters. The quantitative estimate of drug-likeness (QED) is 0.843. The third kappa shape index (κ3) is 3.26. The van der Waals surface area contributed by atoms with E-state index in [1.165, 1.54) is 11.3 Å². The van der Waals surface area contributed by atoms with E-state index in [2.05, 4.69) is 58.2 Å². The Morgan fingerprint density at radius 1 is 1.11 bits per heavy atom. The predicted molar refractivity (Wildman–Crippen MR) is 79.2 cm³/mol. The van der Waals surface area contributed by atoms with Gasteiger partial charge in [0.15, 0.2) is 0 Å². The molecular formula is C15H16BrNO. The summed E-state index contributed by atoms with van der Waals surface area (Å²) < 4.78 is 6.27. The van der Waals surface area contributed by atoms with Gasteiger partial charge >= 0.3 is 0 Å². The van der Waals surface area contributed by atoms with Crippen LogP contribution in [-0.4, -0.2) is 14.2 Å². The smallest absolute Gasteiger partial charge is 0.119 e. The number of hydrogen-bond acceptors (Lipinski definition) is 2. The lowest BCUT2D eigenvalue weighted by Crippen LogP contribution is -2.16. The molecule has 94 valence electrons. The van der Waals surface area contributed by atoms with E-state index in [0.717, 1.165) is 16.8 Å². The maximum Gasteiger partial charge on any atom is 0.119 e. The lowest BCUT2D eigenvalue weighted by atomic mass is 10.2. The maximum absolute atomic E-state index is 5.16. The number of hydrogen-bond donors (Lipinski definition) is 0. The molecule has 0 aliphatic rings. The van der Waals surface area contributed by atoms with E-state index in [9.17, 15) is 0 Å². The van der Waals surface area contributed by atoms with Crippen molar-refractivity contribution < 1.29 is 4.74 Å². The van der Waals surface area contributed by atoms with E-state index < -0.39 is 0 Å². The van der Waals surface area contributed by atoms with Crippen LogP contribution in [0.1, 0.15) is 5.56 Å². The summed E-state index contributed by atoms with van der Waals surface area (Å²) in [6.45, 7) is 0.881. The highest BCUT2D eigenvalue weighted by atomic mass is 79.9. The minimum atomic E-state index is 0.881. The second kappa shape index (κ2) is 5.91. The summed E-state index contributed by atoms with van der Waals surface area (Å²) in [6.07, 6.45) is 0. The Morgan fingerprint density at radius 3 is 2.44 bits per heavy atom. The second-order valence-corrected chi connectivity index (χ2v) is 5.10. The molecule has 0 radical (unpaired) electrons. The number of halogens is 1. The van der Waals surface area contributed by atoms with Crippen molar-refractivity contribution >= 4 is 21.6 Å². The number of anilines is 1. The largest absolute Gasteiger partial charge is 0.497 e. The minimum absolute atomic E-state index is 0.881. The summed E-state index contributed by atoms with van der Waals surface area (Å²) in [5, 5.41) is 0. The first-order chi connectivity index (χ1) is 8.69. The van der Waals surface area contributed by atoms with Gasteiger partial charge in [0, 0.05) is 23.8 Å². The van der Waals surface area contributed by atoms with E-state index >= 15 is 0 Å². The molecule has 2 nitrogen and oxygen atoms in total. The molecule has 0 unspecified atom stereocenters. The Morgan fingerprint density at radius 2 is 1.83 bits per heavy atom. The van der Waals surface area contributed by atoms with Gasteiger partial charge in [0.25, 0.3) is 0 Å². The summed E-state index contributed by atoms with van der Waals surface area (Å²) in [7, 11) is 3.77. The highest BCUT2D eigenvalue weighted by Crippen LogP contribution is 2.20. The van der Waals surface area contributed by atoms with Crippen molar-refractivity contribution in [2.75, 3.05) is 19.1 Å². The van der Waals surface area contributed by atoms with Crippen LogP contribution in [0, 0.1) is 0 Å². The Bertz CT molecular complexity index is 510. The lowest BCUT2D eigenvalue weighted by molar-refractivity contribution is 0.415. The van der Waals surface area contributed by atoms with Gasteiger partial charge in [0.2, 0.25) is 0 Å². The molecule has 18 heavy (non-hydrogen) atoms. The molecule has 0 bridgehead atoms. The van der Waals surface area contributed by atoms with Crippen LogP contribution in [0.15, 0.2) is 53.0 Å². The van der Waals surface area contributed by atoms with Crippen molar-refractivity contribution in [3.63, 3.8) is 0 Å². The van der Waals surface area contributed by atoms with Crippen molar-refractivity contribution in [3.8, 4) is 5.75 Å². The topological polar surface area (TPSA) is 12.5 Å². The number of nitrogens with zero attached hydrogens (tertiary/aromatic N) is 1. The number of benzene rings is 2. The average Bonchev–Trinajstić information content (AvgIpc) is 2.39. The van der Waals surface area contributed by atoms with Gasteiger partial charge in [-0.05, 0) is 42.0 Å². The first kappa shape index (κ1) is 13.0. The Balaban J connectivity index is 2.09. The first-order valence-corrected chi connectivity index (χ1v) is 6.58. The summed E-state index contributed by atoms with van der Waals surface area (Å²) in [6, 6.07) is 16.5. The van der Waals surface area contributed by atoms with E-state index in [4.69, 9.17) is 4.74 Å². The van der Waals surface area contributed by atoms with Crippen LogP contribution in [0.2, 0.25) is 0 Å². The molecule has 0 N–H and O–H groups in total. The van der Waals surface area contributed by atoms with E-state index in [0.29, 0.717) is 0 Å². The van der Waals surface area contributed by atoms with Gasteiger partial charge in [-0.1, -0.05) is 28.1 Å². The molecule has 0 fully saturated rings. The predicted octanol–water partition coefficient (Wildman–Crippen LogP) is 4.09. The lowest BCUT2D eigenvalue weighted by Gasteiger charge is -2.19. The third-order valence-electron chi connectivity index (χ3n) is 2.82. The third-order valence-corrected chi connectivity index (χ3v) is 3.32. The molecule has 2 rings (SSSR count). The van der Waals surface area contributed by atoms with E-state index in [-0.39, 0.29) is 0 Å². The van der Waals surface area contributed by atoms with E-state index in [1.54, 1.807) is 7.11 Å². The average molecular weight is 306 g/mol. The minimum Gasteiger partial charge on any atom is -0.497 e. The van der Waals surface area contributed by atoms with E-state index in [1.807, 2.05) is 18.2 Å². The molecule has 0 heterocycles. The standard InChI is InChI=1S/C15H16BrNO/c1-17(11-12-4-3-5-13(16)10-12)14-6-8-15(18-2)9-7-14/h3-10H,11H2,1-2H3. The molecule has 0 aromatic heterocycles. The second-order valence-electron chi connectivity index (χ2n) is 4.18. The summed E-state index contributed by atoms with van der Waals surface area (Å²) >= 11 is 3.49. The molecule has 2 aromatic carbocycles. The zero-order valence-corrected chi connectivity index (χ0v) is 12.1. The zero-order chi connectivity index (χ0) is 13.0. The number of methoxy groups -OCH3 is 1. The molecule has 0 aliphatic carbocycles. The Hall–Kier alpha value is -1.48. The maximum atomic E-state index is 5.16. The van der Waals surface area contributed by atoms with Crippen molar-refractivity contribution in [2.45, 2.75) is 6.54 Å². The fourth-order valence-corrected chi connectivity index (χ4v) is 2.28. The van der Waals surface area contributed by atoms with Crippen molar-refractivity contribution in [2.24, 2.45) is 0 Å². The van der Waals surface area contributed by atoms with Gasteiger partial charge in [0.1, 0.15) is 5.75 Å². The van der Waals surface area contributed by atoms with Gasteiger partial charge in [0.05, 0.1) is 7.11 Å². The van der Waals surface area contributed by atoms with Crippen molar-refractivity contribution in [3.05, 3.63) is 58.6 Å². The molecule has 0 spiro atoms. The molecule has 3 heteroatoms. The van der Waals surface area contributed by atoms with Crippen LogP contribution in [0.25, 0.3) is 0 Å². The molecule has 0 saturated heterocycles. The van der Waals surface area contributed by atoms with Crippen molar-refractivity contribution in [1.29, 1.82) is 0 Å². The molecule has 0 amide bonds. The summed E-state index contributed by atoms with van der Waals surface area (Å²) in [5.74, 6) is 0.884. The Labute approximate surface area is 116 Å². The summed E-state index contributed by atoms with van der Waals surface area (Å²) in [5.41, 5.74) is 2.46. The molecular weight excluding hydrogens is 290 g/mol. The van der Waals surface area contributed by atoms with Crippen LogP contribution < -0.4 is 9.64 Å². The normalized spacial score (nSPS) is 10.2. The highest BCUT2D eigenvalue weighted by molar-refractivity contribution is 9.10. The van der Waals surface area contributed by atoms with Crippen LogP contribution in [0.5, 0.6) is 5.75 Å². The Kier molecular flexibility index (Phi) is 4.26. The van der Waals surface area contributed by atoms with Gasteiger partial charge in [-0.3, -0.25) is 0 Å². The summed E-state index contributed by atoms with van der Waals surface area (Å²) in [4.78, 5) is 2.21. The monoisotopic (exact) mass is 305 g/mol. The SMILES string of the molecule is COc1ccc(N(C)Cc2cccc(Br)c2)cc1. The first-order valence-electron chi connectivity index (χ1n) is 5.78. The van der Waals surface area contributed by atoms with Gasteiger partial charge < -0.3 is 9.64 Å². The molecule has 0 aliphatic heterocycles. The molecule has 0 saturated carbocycles. The van der Waals surface area contributed by atoms with Gasteiger partial charge in [-0.2, -0.15) is 0 Å². The van der Waals surface area contributed by atoms with Crippen LogP contribution in [0.3, 0.4) is 0 Å². The fraction of sp³-hybridized carbons (Fsp3) is 0.200. The van der Waals surface area contributed by atoms with Gasteiger partial charge in [-0.15, -0.1) is 0 Å². The zero-order valence-electron chi connectivity index (χ0n) is 10.6. The number of rotatable bonds is 4. The fourth-order valence-electron chi connectivity index (χ4n) is 1.84. The number of ether oxygens (including phenoxy) is 1. The molecule has 2 aromatic rings. The van der Waals surface area contributed by atoms with Crippen molar-refractivity contribution in [1.82, 2.24) is 0 Å². The van der Waals surface area contributed by atoms with Crippen LogP contribution in [0.4, 0.5) is 5.69 Å².